The van der Waals surface area contributed by atoms with Crippen molar-refractivity contribution in [2.45, 2.75) is 12.6 Å². The van der Waals surface area contributed by atoms with Crippen LogP contribution in [-0.4, -0.2) is 36.5 Å². The summed E-state index contributed by atoms with van der Waals surface area (Å²) >= 11 is 0. The Balaban J connectivity index is 1.36. The first-order valence-corrected chi connectivity index (χ1v) is 10.8. The third-order valence-electron chi connectivity index (χ3n) is 5.72. The fourth-order valence-electron chi connectivity index (χ4n) is 3.99. The summed E-state index contributed by atoms with van der Waals surface area (Å²) in [5, 5.41) is 5.07. The Morgan fingerprint density at radius 1 is 1.03 bits per heavy atom. The van der Waals surface area contributed by atoms with Gasteiger partial charge in [0, 0.05) is 29.9 Å². The Kier molecular flexibility index (Phi) is 5.72. The van der Waals surface area contributed by atoms with Gasteiger partial charge in [0.25, 0.3) is 0 Å². The topological polar surface area (TPSA) is 72.8 Å². The SMILES string of the molecule is COc1cccc(-c2ccc(CNC(=O)C3COC(c4ccccc4)=N3)c3cnccc23)c1. The molecule has 0 fully saturated rings. The summed E-state index contributed by atoms with van der Waals surface area (Å²) in [5.41, 5.74) is 4.01. The number of hydrogen-bond donors (Lipinski definition) is 1. The summed E-state index contributed by atoms with van der Waals surface area (Å²) in [7, 11) is 1.66. The van der Waals surface area contributed by atoms with E-state index < -0.39 is 6.04 Å². The maximum Gasteiger partial charge on any atom is 0.248 e. The van der Waals surface area contributed by atoms with Crippen molar-refractivity contribution in [2.24, 2.45) is 4.99 Å². The first-order valence-electron chi connectivity index (χ1n) is 10.8. The molecule has 0 saturated heterocycles. The van der Waals surface area contributed by atoms with Gasteiger partial charge in [-0.2, -0.15) is 0 Å². The average molecular weight is 437 g/mol. The highest BCUT2D eigenvalue weighted by Gasteiger charge is 2.26. The van der Waals surface area contributed by atoms with E-state index in [-0.39, 0.29) is 12.5 Å². The molecule has 3 aromatic carbocycles. The maximum atomic E-state index is 12.8. The molecule has 0 aliphatic carbocycles. The number of methoxy groups -OCH3 is 1. The van der Waals surface area contributed by atoms with Crippen molar-refractivity contribution in [3.8, 4) is 16.9 Å². The Bertz CT molecular complexity index is 1340. The van der Waals surface area contributed by atoms with E-state index in [2.05, 4.69) is 27.4 Å². The van der Waals surface area contributed by atoms with Gasteiger partial charge in [0.2, 0.25) is 11.8 Å². The lowest BCUT2D eigenvalue weighted by molar-refractivity contribution is -0.122. The van der Waals surface area contributed by atoms with Crippen LogP contribution in [0.1, 0.15) is 11.1 Å². The summed E-state index contributed by atoms with van der Waals surface area (Å²) < 4.78 is 11.0. The minimum atomic E-state index is -0.555. The van der Waals surface area contributed by atoms with E-state index in [1.165, 1.54) is 0 Å². The Hall–Kier alpha value is -4.19. The van der Waals surface area contributed by atoms with Crippen LogP contribution >= 0.6 is 0 Å². The largest absolute Gasteiger partial charge is 0.497 e. The molecule has 0 bridgehead atoms. The number of nitrogens with one attached hydrogen (secondary N) is 1. The van der Waals surface area contributed by atoms with Crippen molar-refractivity contribution < 1.29 is 14.3 Å². The molecule has 1 atom stereocenters. The third-order valence-corrected chi connectivity index (χ3v) is 5.72. The van der Waals surface area contributed by atoms with E-state index in [9.17, 15) is 4.79 Å². The first kappa shape index (κ1) is 20.7. The second kappa shape index (κ2) is 9.12. The number of aliphatic imine (C=N–C) groups is 1. The van der Waals surface area contributed by atoms with Gasteiger partial charge in [0.15, 0.2) is 6.04 Å². The number of amides is 1. The molecule has 1 amide bonds. The van der Waals surface area contributed by atoms with Gasteiger partial charge in [-0.05, 0) is 52.4 Å². The maximum absolute atomic E-state index is 12.8. The Morgan fingerprint density at radius 2 is 1.88 bits per heavy atom. The fraction of sp³-hybridized carbons (Fsp3) is 0.148. The predicted octanol–water partition coefficient (Wildman–Crippen LogP) is 4.37. The molecule has 164 valence electrons. The van der Waals surface area contributed by atoms with Gasteiger partial charge in [0.05, 0.1) is 7.11 Å². The molecule has 5 rings (SSSR count). The zero-order chi connectivity index (χ0) is 22.6. The van der Waals surface area contributed by atoms with Crippen molar-refractivity contribution in [3.63, 3.8) is 0 Å². The zero-order valence-corrected chi connectivity index (χ0v) is 18.2. The number of nitrogens with zero attached hydrogens (tertiary/aromatic N) is 2. The summed E-state index contributed by atoms with van der Waals surface area (Å²) in [6.07, 6.45) is 3.62. The number of carbonyl (C=O) groups excluding carboxylic acids is 1. The second-order valence-electron chi connectivity index (χ2n) is 7.77. The molecule has 6 nitrogen and oxygen atoms in total. The fourth-order valence-corrected chi connectivity index (χ4v) is 3.99. The summed E-state index contributed by atoms with van der Waals surface area (Å²) in [6, 6.07) is 23.1. The molecule has 1 N–H and O–H groups in total. The molecular weight excluding hydrogens is 414 g/mol. The molecule has 1 aliphatic heterocycles. The Labute approximate surface area is 191 Å². The highest BCUT2D eigenvalue weighted by molar-refractivity contribution is 5.99. The number of ether oxygens (including phenoxy) is 2. The van der Waals surface area contributed by atoms with Crippen molar-refractivity contribution in [1.82, 2.24) is 10.3 Å². The number of carbonyl (C=O) groups is 1. The monoisotopic (exact) mass is 437 g/mol. The number of rotatable bonds is 6. The van der Waals surface area contributed by atoms with Crippen LogP contribution in [0.3, 0.4) is 0 Å². The van der Waals surface area contributed by atoms with E-state index in [1.54, 1.807) is 13.3 Å². The highest BCUT2D eigenvalue weighted by Crippen LogP contribution is 2.32. The number of fused-ring (bicyclic) bond motifs is 1. The number of aromatic nitrogens is 1. The van der Waals surface area contributed by atoms with Crippen molar-refractivity contribution in [2.75, 3.05) is 13.7 Å². The number of benzene rings is 3. The predicted molar refractivity (Wildman–Crippen MR) is 128 cm³/mol. The molecule has 0 radical (unpaired) electrons. The Morgan fingerprint density at radius 3 is 2.73 bits per heavy atom. The van der Waals surface area contributed by atoms with Crippen molar-refractivity contribution in [1.29, 1.82) is 0 Å². The van der Waals surface area contributed by atoms with Crippen LogP contribution in [0, 0.1) is 0 Å². The van der Waals surface area contributed by atoms with E-state index >= 15 is 0 Å². The van der Waals surface area contributed by atoms with Crippen molar-refractivity contribution in [3.05, 3.63) is 96.3 Å². The molecule has 4 aromatic rings. The van der Waals surface area contributed by atoms with Crippen LogP contribution in [0.5, 0.6) is 5.75 Å². The standard InChI is InChI=1S/C27H23N3O3/c1-32-21-9-5-8-19(14-21)22-11-10-20(24-16-28-13-12-23(22)24)15-29-26(31)25-17-33-27(30-25)18-6-3-2-4-7-18/h2-14,16,25H,15,17H2,1H3,(H,29,31). The molecule has 0 spiro atoms. The molecule has 6 heteroatoms. The molecule has 2 heterocycles. The quantitative estimate of drug-likeness (QED) is 0.486. The normalized spacial score (nSPS) is 15.1. The van der Waals surface area contributed by atoms with Crippen LogP contribution in [0.25, 0.3) is 21.9 Å². The summed E-state index contributed by atoms with van der Waals surface area (Å²) in [4.78, 5) is 21.5. The number of hydrogen-bond acceptors (Lipinski definition) is 5. The minimum Gasteiger partial charge on any atom is -0.497 e. The van der Waals surface area contributed by atoms with Crippen LogP contribution in [0.2, 0.25) is 0 Å². The summed E-state index contributed by atoms with van der Waals surface area (Å²) in [5.74, 6) is 1.16. The van der Waals surface area contributed by atoms with Gasteiger partial charge in [0.1, 0.15) is 12.4 Å². The van der Waals surface area contributed by atoms with Crippen LogP contribution < -0.4 is 10.1 Å². The van der Waals surface area contributed by atoms with Gasteiger partial charge in [-0.1, -0.05) is 42.5 Å². The van der Waals surface area contributed by atoms with E-state index in [0.29, 0.717) is 12.4 Å². The highest BCUT2D eigenvalue weighted by atomic mass is 16.5. The van der Waals surface area contributed by atoms with Crippen LogP contribution in [0.15, 0.2) is 90.2 Å². The molecule has 0 saturated carbocycles. The molecule has 1 aliphatic rings. The second-order valence-corrected chi connectivity index (χ2v) is 7.77. The number of pyridine rings is 1. The van der Waals surface area contributed by atoms with E-state index in [4.69, 9.17) is 9.47 Å². The van der Waals surface area contributed by atoms with E-state index in [1.807, 2.05) is 66.9 Å². The van der Waals surface area contributed by atoms with Gasteiger partial charge in [-0.25, -0.2) is 4.99 Å². The minimum absolute atomic E-state index is 0.158. The van der Waals surface area contributed by atoms with Gasteiger partial charge in [-0.15, -0.1) is 0 Å². The summed E-state index contributed by atoms with van der Waals surface area (Å²) in [6.45, 7) is 0.624. The lowest BCUT2D eigenvalue weighted by Gasteiger charge is -2.13. The van der Waals surface area contributed by atoms with E-state index in [0.717, 1.165) is 38.8 Å². The smallest absolute Gasteiger partial charge is 0.248 e. The molecule has 1 unspecified atom stereocenters. The van der Waals surface area contributed by atoms with Crippen LogP contribution in [-0.2, 0) is 16.1 Å². The lowest BCUT2D eigenvalue weighted by Crippen LogP contribution is -2.33. The van der Waals surface area contributed by atoms with Gasteiger partial charge >= 0.3 is 0 Å². The average Bonchev–Trinajstić information content (AvgIpc) is 3.38. The molecule has 33 heavy (non-hydrogen) atoms. The lowest BCUT2D eigenvalue weighted by atomic mass is 9.96. The zero-order valence-electron chi connectivity index (χ0n) is 18.2. The van der Waals surface area contributed by atoms with Gasteiger partial charge in [-0.3, -0.25) is 9.78 Å². The van der Waals surface area contributed by atoms with Crippen molar-refractivity contribution >= 4 is 22.6 Å². The third kappa shape index (κ3) is 4.28. The first-order chi connectivity index (χ1) is 16.2. The molecular formula is C27H23N3O3. The molecule has 1 aromatic heterocycles. The van der Waals surface area contributed by atoms with Gasteiger partial charge < -0.3 is 14.8 Å². The van der Waals surface area contributed by atoms with Crippen LogP contribution in [0.4, 0.5) is 0 Å².